The summed E-state index contributed by atoms with van der Waals surface area (Å²) in [6.45, 7) is 0. The highest BCUT2D eigenvalue weighted by molar-refractivity contribution is 9.10. The van der Waals surface area contributed by atoms with Crippen LogP contribution in [0.25, 0.3) is 0 Å². The summed E-state index contributed by atoms with van der Waals surface area (Å²) in [6, 6.07) is 2.92. The molecule has 1 aromatic rings. The van der Waals surface area contributed by atoms with Gasteiger partial charge >= 0.3 is 0 Å². The normalized spacial score (nSPS) is 18.7. The molecule has 0 bridgehead atoms. The SMILES string of the molecule is Nc1cc(C(=O)NC(C2CC2)C2CC2)c(Br)cc1F. The van der Waals surface area contributed by atoms with Gasteiger partial charge in [0.2, 0.25) is 0 Å². The lowest BCUT2D eigenvalue weighted by molar-refractivity contribution is 0.0925. The average Bonchev–Trinajstić information content (AvgIpc) is 3.24. The monoisotopic (exact) mass is 326 g/mol. The Labute approximate surface area is 119 Å². The minimum absolute atomic E-state index is 0.00254. The Morgan fingerprint density at radius 1 is 1.32 bits per heavy atom. The number of rotatable bonds is 4. The highest BCUT2D eigenvalue weighted by Gasteiger charge is 2.42. The molecule has 102 valence electrons. The van der Waals surface area contributed by atoms with Crippen molar-refractivity contribution in [1.82, 2.24) is 5.32 Å². The van der Waals surface area contributed by atoms with Gasteiger partial charge in [-0.25, -0.2) is 4.39 Å². The summed E-state index contributed by atoms with van der Waals surface area (Å²) in [5.74, 6) is 0.591. The van der Waals surface area contributed by atoms with Crippen LogP contribution in [0.4, 0.5) is 10.1 Å². The number of carbonyl (C=O) groups is 1. The first-order valence-electron chi connectivity index (χ1n) is 6.61. The van der Waals surface area contributed by atoms with Gasteiger partial charge in [0.15, 0.2) is 0 Å². The van der Waals surface area contributed by atoms with Gasteiger partial charge in [-0.2, -0.15) is 0 Å². The van der Waals surface area contributed by atoms with Gasteiger partial charge in [0, 0.05) is 10.5 Å². The summed E-state index contributed by atoms with van der Waals surface area (Å²) in [5.41, 5.74) is 5.94. The minimum atomic E-state index is -0.510. The zero-order valence-electron chi connectivity index (χ0n) is 10.5. The first-order chi connectivity index (χ1) is 9.06. The van der Waals surface area contributed by atoms with Crippen molar-refractivity contribution in [1.29, 1.82) is 0 Å². The van der Waals surface area contributed by atoms with E-state index in [1.165, 1.54) is 37.8 Å². The number of carbonyl (C=O) groups excluding carboxylic acids is 1. The molecular formula is C14H16BrFN2O. The molecule has 0 aromatic heterocycles. The maximum Gasteiger partial charge on any atom is 0.252 e. The largest absolute Gasteiger partial charge is 0.396 e. The van der Waals surface area contributed by atoms with Gasteiger partial charge in [0.05, 0.1) is 11.3 Å². The standard InChI is InChI=1S/C14H16BrFN2O/c15-10-6-11(16)12(17)5-9(10)14(19)18-13(7-1-2-7)8-3-4-8/h5-8,13H,1-4,17H2,(H,18,19). The quantitative estimate of drug-likeness (QED) is 0.835. The van der Waals surface area contributed by atoms with Gasteiger partial charge in [-0.3, -0.25) is 4.79 Å². The predicted molar refractivity (Wildman–Crippen MR) is 75.2 cm³/mol. The van der Waals surface area contributed by atoms with E-state index >= 15 is 0 Å². The van der Waals surface area contributed by atoms with E-state index in [0.29, 0.717) is 21.9 Å². The van der Waals surface area contributed by atoms with Crippen LogP contribution in [0.1, 0.15) is 36.0 Å². The summed E-state index contributed by atoms with van der Waals surface area (Å²) >= 11 is 3.22. The summed E-state index contributed by atoms with van der Waals surface area (Å²) in [7, 11) is 0. The van der Waals surface area contributed by atoms with Gasteiger partial charge in [-0.15, -0.1) is 0 Å². The third kappa shape index (κ3) is 2.76. The number of nitrogen functional groups attached to an aromatic ring is 1. The highest BCUT2D eigenvalue weighted by Crippen LogP contribution is 2.44. The summed E-state index contributed by atoms with van der Waals surface area (Å²) in [5, 5.41) is 3.10. The Balaban J connectivity index is 1.77. The number of hydrogen-bond acceptors (Lipinski definition) is 2. The fourth-order valence-corrected chi connectivity index (χ4v) is 3.00. The second-order valence-corrected chi connectivity index (χ2v) is 6.38. The molecule has 0 radical (unpaired) electrons. The van der Waals surface area contributed by atoms with Gasteiger partial charge in [0.1, 0.15) is 5.82 Å². The van der Waals surface area contributed by atoms with Crippen LogP contribution in [0.2, 0.25) is 0 Å². The lowest BCUT2D eigenvalue weighted by Gasteiger charge is -2.18. The Kier molecular flexibility index (Phi) is 3.25. The van der Waals surface area contributed by atoms with Crippen LogP contribution in [-0.2, 0) is 0 Å². The number of nitrogens with two attached hydrogens (primary N) is 1. The Morgan fingerprint density at radius 2 is 1.89 bits per heavy atom. The molecule has 3 nitrogen and oxygen atoms in total. The molecule has 3 N–H and O–H groups in total. The molecule has 2 aliphatic rings. The average molecular weight is 327 g/mol. The van der Waals surface area contributed by atoms with Gasteiger partial charge in [0.25, 0.3) is 5.91 Å². The van der Waals surface area contributed by atoms with Gasteiger partial charge in [-0.05, 0) is 65.6 Å². The molecule has 1 aromatic carbocycles. The molecule has 0 spiro atoms. The van der Waals surface area contributed by atoms with Crippen molar-refractivity contribution < 1.29 is 9.18 Å². The summed E-state index contributed by atoms with van der Waals surface area (Å²) < 4.78 is 13.7. The Bertz CT molecular complexity index is 514. The first-order valence-corrected chi connectivity index (χ1v) is 7.41. The van der Waals surface area contributed by atoms with E-state index in [4.69, 9.17) is 5.73 Å². The van der Waals surface area contributed by atoms with Crippen molar-refractivity contribution in [2.75, 3.05) is 5.73 Å². The smallest absolute Gasteiger partial charge is 0.252 e. The molecule has 0 atom stereocenters. The third-order valence-corrected chi connectivity index (χ3v) is 4.54. The second-order valence-electron chi connectivity index (χ2n) is 5.53. The lowest BCUT2D eigenvalue weighted by atomic mass is 10.1. The third-order valence-electron chi connectivity index (χ3n) is 3.89. The molecule has 19 heavy (non-hydrogen) atoms. The molecule has 2 fully saturated rings. The van der Waals surface area contributed by atoms with E-state index < -0.39 is 5.82 Å². The molecule has 2 saturated carbocycles. The van der Waals surface area contributed by atoms with Crippen molar-refractivity contribution in [3.8, 4) is 0 Å². The van der Waals surface area contributed by atoms with E-state index in [2.05, 4.69) is 21.2 Å². The number of amides is 1. The van der Waals surface area contributed by atoms with E-state index in [-0.39, 0.29) is 17.6 Å². The second kappa shape index (κ2) is 4.78. The molecule has 5 heteroatoms. The molecule has 2 aliphatic carbocycles. The highest BCUT2D eigenvalue weighted by atomic mass is 79.9. The van der Waals surface area contributed by atoms with Crippen LogP contribution in [0.3, 0.4) is 0 Å². The molecule has 1 amide bonds. The topological polar surface area (TPSA) is 55.1 Å². The number of hydrogen-bond donors (Lipinski definition) is 2. The van der Waals surface area contributed by atoms with E-state index in [0.717, 1.165) is 0 Å². The minimum Gasteiger partial charge on any atom is -0.396 e. The number of benzene rings is 1. The Hall–Kier alpha value is -1.10. The van der Waals surface area contributed by atoms with Crippen molar-refractivity contribution in [2.45, 2.75) is 31.7 Å². The fourth-order valence-electron chi connectivity index (χ4n) is 2.50. The van der Waals surface area contributed by atoms with Crippen molar-refractivity contribution in [3.63, 3.8) is 0 Å². The van der Waals surface area contributed by atoms with E-state index in [1.54, 1.807) is 0 Å². The molecule has 0 unspecified atom stereocenters. The van der Waals surface area contributed by atoms with Crippen molar-refractivity contribution in [3.05, 3.63) is 28.0 Å². The van der Waals surface area contributed by atoms with Crippen molar-refractivity contribution >= 4 is 27.5 Å². The predicted octanol–water partition coefficient (Wildman–Crippen LogP) is 3.09. The number of halogens is 2. The molecular weight excluding hydrogens is 311 g/mol. The lowest BCUT2D eigenvalue weighted by Crippen LogP contribution is -2.38. The molecule has 0 aliphatic heterocycles. The van der Waals surface area contributed by atoms with Crippen LogP contribution >= 0.6 is 15.9 Å². The maximum atomic E-state index is 13.3. The van der Waals surface area contributed by atoms with Crippen LogP contribution in [0.15, 0.2) is 16.6 Å². The number of nitrogens with one attached hydrogen (secondary N) is 1. The van der Waals surface area contributed by atoms with Gasteiger partial charge in [-0.1, -0.05) is 0 Å². The zero-order valence-corrected chi connectivity index (χ0v) is 12.0. The van der Waals surface area contributed by atoms with E-state index in [9.17, 15) is 9.18 Å². The van der Waals surface area contributed by atoms with E-state index in [1.807, 2.05) is 0 Å². The summed E-state index contributed by atoms with van der Waals surface area (Å²) in [4.78, 5) is 12.3. The molecule has 3 rings (SSSR count). The Morgan fingerprint density at radius 3 is 2.42 bits per heavy atom. The number of anilines is 1. The molecule has 0 heterocycles. The maximum absolute atomic E-state index is 13.3. The first kappa shape index (κ1) is 12.9. The zero-order chi connectivity index (χ0) is 13.6. The molecule has 0 saturated heterocycles. The van der Waals surface area contributed by atoms with Crippen LogP contribution in [0, 0.1) is 17.7 Å². The summed E-state index contributed by atoms with van der Waals surface area (Å²) in [6.07, 6.45) is 4.81. The van der Waals surface area contributed by atoms with Gasteiger partial charge < -0.3 is 11.1 Å². The fraction of sp³-hybridized carbons (Fsp3) is 0.500. The van der Waals surface area contributed by atoms with Crippen LogP contribution in [-0.4, -0.2) is 11.9 Å². The van der Waals surface area contributed by atoms with Crippen LogP contribution in [0.5, 0.6) is 0 Å². The van der Waals surface area contributed by atoms with Crippen molar-refractivity contribution in [2.24, 2.45) is 11.8 Å². The van der Waals surface area contributed by atoms with Crippen LogP contribution < -0.4 is 11.1 Å².